The van der Waals surface area contributed by atoms with Gasteiger partial charge in [-0.15, -0.1) is 0 Å². The summed E-state index contributed by atoms with van der Waals surface area (Å²) < 4.78 is 28.9. The van der Waals surface area contributed by atoms with Crippen molar-refractivity contribution in [3.05, 3.63) is 35.1 Å². The minimum absolute atomic E-state index is 0.0347. The third kappa shape index (κ3) is 4.80. The van der Waals surface area contributed by atoms with Crippen molar-refractivity contribution >= 4 is 0 Å². The van der Waals surface area contributed by atoms with Crippen molar-refractivity contribution in [2.75, 3.05) is 33.5 Å². The molecule has 0 N–H and O–H groups in total. The van der Waals surface area contributed by atoms with Crippen LogP contribution in [0.25, 0.3) is 0 Å². The summed E-state index contributed by atoms with van der Waals surface area (Å²) in [6, 6.07) is 6.46. The van der Waals surface area contributed by atoms with Crippen LogP contribution in [0.1, 0.15) is 11.1 Å². The summed E-state index contributed by atoms with van der Waals surface area (Å²) in [5.74, 6) is -0.514. The van der Waals surface area contributed by atoms with Gasteiger partial charge in [0.25, 0.3) is 0 Å². The van der Waals surface area contributed by atoms with Crippen LogP contribution in [-0.4, -0.2) is 33.5 Å². The summed E-state index contributed by atoms with van der Waals surface area (Å²) in [5.41, 5.74) is 0.415. The highest BCUT2D eigenvalue weighted by Crippen LogP contribution is 2.12. The van der Waals surface area contributed by atoms with Crippen LogP contribution < -0.4 is 0 Å². The standard InChI is InChI=1S/C13H16FNO3/c1-16-5-6-17-7-8-18-10-12-4-2-3-11(9-15)13(12)14/h2-4H,5-8,10H2,1H3. The van der Waals surface area contributed by atoms with Gasteiger partial charge < -0.3 is 14.2 Å². The van der Waals surface area contributed by atoms with Crippen LogP contribution in [0.15, 0.2) is 18.2 Å². The van der Waals surface area contributed by atoms with Gasteiger partial charge in [-0.3, -0.25) is 0 Å². The zero-order valence-corrected chi connectivity index (χ0v) is 10.3. The van der Waals surface area contributed by atoms with E-state index in [2.05, 4.69) is 0 Å². The molecule has 0 radical (unpaired) electrons. The second-order valence-corrected chi connectivity index (χ2v) is 3.55. The van der Waals surface area contributed by atoms with E-state index in [9.17, 15) is 4.39 Å². The van der Waals surface area contributed by atoms with Crippen molar-refractivity contribution in [1.29, 1.82) is 5.26 Å². The van der Waals surface area contributed by atoms with Crippen LogP contribution in [-0.2, 0) is 20.8 Å². The Hall–Kier alpha value is -1.48. The maximum Gasteiger partial charge on any atom is 0.146 e. The molecule has 1 rings (SSSR count). The third-order valence-corrected chi connectivity index (χ3v) is 2.26. The first-order chi connectivity index (χ1) is 8.79. The lowest BCUT2D eigenvalue weighted by Crippen LogP contribution is -2.08. The lowest BCUT2D eigenvalue weighted by atomic mass is 10.1. The van der Waals surface area contributed by atoms with E-state index >= 15 is 0 Å². The summed E-state index contributed by atoms with van der Waals surface area (Å²) in [5, 5.41) is 8.67. The fraction of sp³-hybridized carbons (Fsp3) is 0.462. The molecular formula is C13H16FNO3. The first-order valence-corrected chi connectivity index (χ1v) is 5.61. The molecule has 0 aliphatic heterocycles. The van der Waals surface area contributed by atoms with Crippen molar-refractivity contribution in [3.63, 3.8) is 0 Å². The third-order valence-electron chi connectivity index (χ3n) is 2.26. The zero-order valence-electron chi connectivity index (χ0n) is 10.3. The highest BCUT2D eigenvalue weighted by atomic mass is 19.1. The van der Waals surface area contributed by atoms with Gasteiger partial charge in [-0.25, -0.2) is 4.39 Å². The first-order valence-electron chi connectivity index (χ1n) is 5.61. The molecule has 0 aliphatic carbocycles. The Morgan fingerprint density at radius 3 is 2.61 bits per heavy atom. The molecule has 0 fully saturated rings. The molecule has 0 spiro atoms. The SMILES string of the molecule is COCCOCCOCc1cccc(C#N)c1F. The Bertz CT molecular complexity index is 404. The Morgan fingerprint density at radius 2 is 1.89 bits per heavy atom. The Morgan fingerprint density at radius 1 is 1.17 bits per heavy atom. The second kappa shape index (κ2) is 8.59. The normalized spacial score (nSPS) is 10.3. The molecule has 1 aromatic carbocycles. The van der Waals surface area contributed by atoms with Gasteiger partial charge in [0.2, 0.25) is 0 Å². The predicted octanol–water partition coefficient (Wildman–Crippen LogP) is 1.88. The summed E-state index contributed by atoms with van der Waals surface area (Å²) in [4.78, 5) is 0. The van der Waals surface area contributed by atoms with Crippen LogP contribution in [0.2, 0.25) is 0 Å². The summed E-state index contributed by atoms with van der Waals surface area (Å²) >= 11 is 0. The van der Waals surface area contributed by atoms with Gasteiger partial charge in [0.05, 0.1) is 38.6 Å². The smallest absolute Gasteiger partial charge is 0.146 e. The molecule has 18 heavy (non-hydrogen) atoms. The van der Waals surface area contributed by atoms with Gasteiger partial charge in [0, 0.05) is 12.7 Å². The summed E-state index contributed by atoms with van der Waals surface area (Å²) in [6.07, 6.45) is 0. The molecular weight excluding hydrogens is 237 g/mol. The van der Waals surface area contributed by atoms with Crippen molar-refractivity contribution in [2.45, 2.75) is 6.61 Å². The van der Waals surface area contributed by atoms with E-state index in [0.29, 0.717) is 32.0 Å². The number of nitriles is 1. The number of nitrogens with zero attached hydrogens (tertiary/aromatic N) is 1. The highest BCUT2D eigenvalue weighted by molar-refractivity contribution is 5.34. The van der Waals surface area contributed by atoms with E-state index in [0.717, 1.165) is 0 Å². The minimum atomic E-state index is -0.514. The first kappa shape index (κ1) is 14.6. The Labute approximate surface area is 106 Å². The van der Waals surface area contributed by atoms with E-state index in [1.165, 1.54) is 6.07 Å². The molecule has 0 bridgehead atoms. The molecule has 0 amide bonds. The quantitative estimate of drug-likeness (QED) is 0.664. The van der Waals surface area contributed by atoms with E-state index < -0.39 is 5.82 Å². The van der Waals surface area contributed by atoms with Crippen LogP contribution >= 0.6 is 0 Å². The molecule has 1 aromatic rings. The van der Waals surface area contributed by atoms with Crippen LogP contribution in [0, 0.1) is 17.1 Å². The topological polar surface area (TPSA) is 51.5 Å². The molecule has 98 valence electrons. The monoisotopic (exact) mass is 253 g/mol. The number of methoxy groups -OCH3 is 1. The average molecular weight is 253 g/mol. The van der Waals surface area contributed by atoms with Crippen molar-refractivity contribution in [2.24, 2.45) is 0 Å². The minimum Gasteiger partial charge on any atom is -0.382 e. The summed E-state index contributed by atoms with van der Waals surface area (Å²) in [6.45, 7) is 1.99. The van der Waals surface area contributed by atoms with Gasteiger partial charge in [-0.1, -0.05) is 12.1 Å². The van der Waals surface area contributed by atoms with E-state index in [4.69, 9.17) is 19.5 Å². The number of rotatable bonds is 8. The molecule has 0 heterocycles. The number of hydrogen-bond acceptors (Lipinski definition) is 4. The maximum atomic E-state index is 13.6. The van der Waals surface area contributed by atoms with Crippen LogP contribution in [0.3, 0.4) is 0 Å². The van der Waals surface area contributed by atoms with Gasteiger partial charge >= 0.3 is 0 Å². The Balaban J connectivity index is 2.26. The summed E-state index contributed by atoms with van der Waals surface area (Å²) in [7, 11) is 1.60. The van der Waals surface area contributed by atoms with Gasteiger partial charge in [-0.2, -0.15) is 5.26 Å². The largest absolute Gasteiger partial charge is 0.382 e. The van der Waals surface area contributed by atoms with E-state index in [1.807, 2.05) is 0 Å². The van der Waals surface area contributed by atoms with Crippen molar-refractivity contribution in [3.8, 4) is 6.07 Å². The van der Waals surface area contributed by atoms with Crippen molar-refractivity contribution < 1.29 is 18.6 Å². The molecule has 0 unspecified atom stereocenters. The average Bonchev–Trinajstić information content (AvgIpc) is 2.39. The van der Waals surface area contributed by atoms with Gasteiger partial charge in [0.15, 0.2) is 0 Å². The van der Waals surface area contributed by atoms with E-state index in [-0.39, 0.29) is 12.2 Å². The molecule has 0 aliphatic rings. The Kier molecular flexibility index (Phi) is 6.96. The van der Waals surface area contributed by atoms with E-state index in [1.54, 1.807) is 25.3 Å². The second-order valence-electron chi connectivity index (χ2n) is 3.55. The van der Waals surface area contributed by atoms with Gasteiger partial charge in [-0.05, 0) is 6.07 Å². The van der Waals surface area contributed by atoms with Crippen molar-refractivity contribution in [1.82, 2.24) is 0 Å². The molecule has 0 aromatic heterocycles. The maximum absolute atomic E-state index is 13.6. The highest BCUT2D eigenvalue weighted by Gasteiger charge is 2.06. The number of ether oxygens (including phenoxy) is 3. The molecule has 0 saturated heterocycles. The predicted molar refractivity (Wildman–Crippen MR) is 63.5 cm³/mol. The van der Waals surface area contributed by atoms with Gasteiger partial charge in [0.1, 0.15) is 11.9 Å². The molecule has 0 saturated carbocycles. The number of hydrogen-bond donors (Lipinski definition) is 0. The lowest BCUT2D eigenvalue weighted by Gasteiger charge is -2.07. The number of benzene rings is 1. The van der Waals surface area contributed by atoms with Crippen LogP contribution in [0.5, 0.6) is 0 Å². The number of halogens is 1. The fourth-order valence-corrected chi connectivity index (χ4v) is 1.32. The molecule has 4 nitrogen and oxygen atoms in total. The molecule has 5 heteroatoms. The fourth-order valence-electron chi connectivity index (χ4n) is 1.32. The van der Waals surface area contributed by atoms with Crippen LogP contribution in [0.4, 0.5) is 4.39 Å². The lowest BCUT2D eigenvalue weighted by molar-refractivity contribution is 0.0194. The zero-order chi connectivity index (χ0) is 13.2. The molecule has 0 atom stereocenters.